The van der Waals surface area contributed by atoms with Crippen molar-refractivity contribution in [2.24, 2.45) is 0 Å². The SMILES string of the molecule is O=C(CCNCCN1CCOCC1)Nc1ccc(Cl)c(C(F)(F)F)c1. The molecule has 0 unspecified atom stereocenters. The van der Waals surface area contributed by atoms with E-state index in [-0.39, 0.29) is 18.0 Å². The van der Waals surface area contributed by atoms with E-state index in [9.17, 15) is 18.0 Å². The lowest BCUT2D eigenvalue weighted by Gasteiger charge is -2.26. The van der Waals surface area contributed by atoms with Crippen molar-refractivity contribution in [3.63, 3.8) is 0 Å². The number of halogens is 4. The van der Waals surface area contributed by atoms with Gasteiger partial charge in [0.05, 0.1) is 23.8 Å². The summed E-state index contributed by atoms with van der Waals surface area (Å²) in [7, 11) is 0. The van der Waals surface area contributed by atoms with Crippen LogP contribution in [0.15, 0.2) is 18.2 Å². The minimum Gasteiger partial charge on any atom is -0.379 e. The van der Waals surface area contributed by atoms with Crippen LogP contribution in [0.5, 0.6) is 0 Å². The molecule has 140 valence electrons. The molecule has 1 fully saturated rings. The molecule has 9 heteroatoms. The van der Waals surface area contributed by atoms with Gasteiger partial charge in [-0.25, -0.2) is 0 Å². The van der Waals surface area contributed by atoms with Crippen LogP contribution in [0.1, 0.15) is 12.0 Å². The molecule has 1 aliphatic rings. The topological polar surface area (TPSA) is 53.6 Å². The molecular formula is C16H21ClF3N3O2. The molecule has 1 aliphatic heterocycles. The van der Waals surface area contributed by atoms with Gasteiger partial charge in [-0.2, -0.15) is 13.2 Å². The van der Waals surface area contributed by atoms with E-state index in [1.165, 1.54) is 6.07 Å². The summed E-state index contributed by atoms with van der Waals surface area (Å²) in [6.45, 7) is 5.35. The lowest BCUT2D eigenvalue weighted by atomic mass is 10.2. The van der Waals surface area contributed by atoms with E-state index in [0.717, 1.165) is 51.5 Å². The number of carbonyl (C=O) groups is 1. The van der Waals surface area contributed by atoms with Gasteiger partial charge in [0.1, 0.15) is 0 Å². The summed E-state index contributed by atoms with van der Waals surface area (Å²) < 4.78 is 43.6. The number of nitrogens with one attached hydrogen (secondary N) is 2. The van der Waals surface area contributed by atoms with Crippen LogP contribution in [0.25, 0.3) is 0 Å². The van der Waals surface area contributed by atoms with Gasteiger partial charge in [-0.3, -0.25) is 9.69 Å². The highest BCUT2D eigenvalue weighted by Gasteiger charge is 2.33. The Labute approximate surface area is 149 Å². The zero-order valence-electron chi connectivity index (χ0n) is 13.7. The van der Waals surface area contributed by atoms with Gasteiger partial charge in [0.15, 0.2) is 0 Å². The predicted molar refractivity (Wildman–Crippen MR) is 89.8 cm³/mol. The van der Waals surface area contributed by atoms with E-state index in [4.69, 9.17) is 16.3 Å². The van der Waals surface area contributed by atoms with Gasteiger partial charge < -0.3 is 15.4 Å². The van der Waals surface area contributed by atoms with E-state index in [1.54, 1.807) is 0 Å². The summed E-state index contributed by atoms with van der Waals surface area (Å²) in [5.74, 6) is -0.352. The van der Waals surface area contributed by atoms with Crippen molar-refractivity contribution in [3.05, 3.63) is 28.8 Å². The van der Waals surface area contributed by atoms with Crippen LogP contribution >= 0.6 is 11.6 Å². The summed E-state index contributed by atoms with van der Waals surface area (Å²) in [5, 5.41) is 5.21. The number of nitrogens with zero attached hydrogens (tertiary/aromatic N) is 1. The number of ether oxygens (including phenoxy) is 1. The molecule has 1 amide bonds. The molecular weight excluding hydrogens is 359 g/mol. The number of carbonyl (C=O) groups excluding carboxylic acids is 1. The predicted octanol–water partition coefficient (Wildman–Crippen LogP) is 2.61. The first-order valence-corrected chi connectivity index (χ1v) is 8.41. The second-order valence-electron chi connectivity index (χ2n) is 5.69. The maximum atomic E-state index is 12.8. The second kappa shape index (κ2) is 9.38. The fraction of sp³-hybridized carbons (Fsp3) is 0.562. The van der Waals surface area contributed by atoms with Crippen LogP contribution < -0.4 is 10.6 Å². The first kappa shape index (κ1) is 20.0. The zero-order valence-corrected chi connectivity index (χ0v) is 14.4. The molecule has 0 aliphatic carbocycles. The largest absolute Gasteiger partial charge is 0.417 e. The normalized spacial score (nSPS) is 16.0. The van der Waals surface area contributed by atoms with Gasteiger partial charge in [0.2, 0.25) is 5.91 Å². The number of morpholine rings is 1. The third-order valence-corrected chi connectivity index (χ3v) is 4.12. The standard InChI is InChI=1S/C16H21ClF3N3O2/c17-14-2-1-12(11-13(14)16(18,19)20)22-15(24)3-4-21-5-6-23-7-9-25-10-8-23/h1-2,11,21H,3-10H2,(H,22,24). The van der Waals surface area contributed by atoms with Gasteiger partial charge in [0.25, 0.3) is 0 Å². The summed E-state index contributed by atoms with van der Waals surface area (Å²) in [4.78, 5) is 14.1. The molecule has 0 saturated carbocycles. The average Bonchev–Trinajstić information content (AvgIpc) is 2.56. The van der Waals surface area contributed by atoms with Crippen LogP contribution in [0.2, 0.25) is 5.02 Å². The average molecular weight is 380 g/mol. The summed E-state index contributed by atoms with van der Waals surface area (Å²) in [6, 6.07) is 3.31. The summed E-state index contributed by atoms with van der Waals surface area (Å²) >= 11 is 5.55. The quantitative estimate of drug-likeness (QED) is 0.715. The van der Waals surface area contributed by atoms with E-state index in [2.05, 4.69) is 15.5 Å². The molecule has 1 aromatic rings. The minimum atomic E-state index is -4.56. The maximum absolute atomic E-state index is 12.8. The lowest BCUT2D eigenvalue weighted by molar-refractivity contribution is -0.137. The van der Waals surface area contributed by atoms with E-state index in [0.29, 0.717) is 6.54 Å². The lowest BCUT2D eigenvalue weighted by Crippen LogP contribution is -2.40. The van der Waals surface area contributed by atoms with Gasteiger partial charge in [-0.1, -0.05) is 11.6 Å². The molecule has 5 nitrogen and oxygen atoms in total. The summed E-state index contributed by atoms with van der Waals surface area (Å²) in [6.07, 6.45) is -4.38. The Balaban J connectivity index is 1.69. The van der Waals surface area contributed by atoms with Crippen molar-refractivity contribution in [2.45, 2.75) is 12.6 Å². The van der Waals surface area contributed by atoms with Crippen LogP contribution in [0, 0.1) is 0 Å². The molecule has 25 heavy (non-hydrogen) atoms. The molecule has 0 aromatic heterocycles. The highest BCUT2D eigenvalue weighted by atomic mass is 35.5. The number of anilines is 1. The van der Waals surface area contributed by atoms with Crippen LogP contribution in [-0.2, 0) is 15.7 Å². The zero-order chi connectivity index (χ0) is 18.3. The number of rotatable bonds is 7. The molecule has 0 radical (unpaired) electrons. The molecule has 1 saturated heterocycles. The first-order valence-electron chi connectivity index (χ1n) is 8.03. The summed E-state index contributed by atoms with van der Waals surface area (Å²) in [5.41, 5.74) is -0.884. The van der Waals surface area contributed by atoms with Crippen molar-refractivity contribution in [1.82, 2.24) is 10.2 Å². The molecule has 0 atom stereocenters. The number of hydrogen-bond acceptors (Lipinski definition) is 4. The molecule has 2 rings (SSSR count). The third-order valence-electron chi connectivity index (χ3n) is 3.79. The Hall–Kier alpha value is -1.35. The highest BCUT2D eigenvalue weighted by Crippen LogP contribution is 2.36. The Kier molecular flexibility index (Phi) is 7.49. The smallest absolute Gasteiger partial charge is 0.379 e. The Morgan fingerprint density at radius 3 is 2.64 bits per heavy atom. The maximum Gasteiger partial charge on any atom is 0.417 e. The number of alkyl halides is 3. The van der Waals surface area contributed by atoms with Crippen molar-refractivity contribution in [3.8, 4) is 0 Å². The Morgan fingerprint density at radius 2 is 1.96 bits per heavy atom. The van der Waals surface area contributed by atoms with Gasteiger partial charge in [0, 0.05) is 44.8 Å². The third kappa shape index (κ3) is 6.81. The Bertz CT molecular complexity index is 578. The second-order valence-corrected chi connectivity index (χ2v) is 6.10. The number of amides is 1. The number of hydrogen-bond donors (Lipinski definition) is 2. The molecule has 0 spiro atoms. The van der Waals surface area contributed by atoms with Gasteiger partial charge >= 0.3 is 6.18 Å². The minimum absolute atomic E-state index is 0.0787. The van der Waals surface area contributed by atoms with E-state index in [1.807, 2.05) is 0 Å². The Morgan fingerprint density at radius 1 is 1.24 bits per heavy atom. The molecule has 0 bridgehead atoms. The fourth-order valence-electron chi connectivity index (χ4n) is 2.43. The fourth-order valence-corrected chi connectivity index (χ4v) is 2.66. The van der Waals surface area contributed by atoms with Crippen molar-refractivity contribution >= 4 is 23.2 Å². The monoisotopic (exact) mass is 379 g/mol. The van der Waals surface area contributed by atoms with Crippen LogP contribution in [-0.4, -0.2) is 56.7 Å². The van der Waals surface area contributed by atoms with Crippen LogP contribution in [0.3, 0.4) is 0 Å². The molecule has 2 N–H and O–H groups in total. The van der Waals surface area contributed by atoms with Gasteiger partial charge in [-0.05, 0) is 18.2 Å². The molecule has 1 heterocycles. The first-order chi connectivity index (χ1) is 11.9. The highest BCUT2D eigenvalue weighted by molar-refractivity contribution is 6.31. The van der Waals surface area contributed by atoms with Gasteiger partial charge in [-0.15, -0.1) is 0 Å². The van der Waals surface area contributed by atoms with E-state index < -0.39 is 16.8 Å². The van der Waals surface area contributed by atoms with Crippen molar-refractivity contribution in [1.29, 1.82) is 0 Å². The molecule has 1 aromatic carbocycles. The number of benzene rings is 1. The van der Waals surface area contributed by atoms with Crippen molar-refractivity contribution in [2.75, 3.05) is 51.3 Å². The van der Waals surface area contributed by atoms with Crippen molar-refractivity contribution < 1.29 is 22.7 Å². The van der Waals surface area contributed by atoms with E-state index >= 15 is 0 Å². The van der Waals surface area contributed by atoms with Crippen LogP contribution in [0.4, 0.5) is 18.9 Å².